The van der Waals surface area contributed by atoms with E-state index in [0.717, 1.165) is 10.4 Å². The fourth-order valence-corrected chi connectivity index (χ4v) is 4.28. The van der Waals surface area contributed by atoms with Crippen molar-refractivity contribution in [3.8, 4) is 6.07 Å². The number of hydrogen-bond donors (Lipinski definition) is 1. The minimum atomic E-state index is -0.521. The molecule has 1 unspecified atom stereocenters. The van der Waals surface area contributed by atoms with Crippen molar-refractivity contribution >= 4 is 46.1 Å². The maximum Gasteiger partial charge on any atom is 0.249 e. The van der Waals surface area contributed by atoms with Crippen LogP contribution in [0.15, 0.2) is 36.5 Å². The fraction of sp³-hybridized carbons (Fsp3) is 0.222. The van der Waals surface area contributed by atoms with Crippen LogP contribution in [0.5, 0.6) is 0 Å². The Balaban J connectivity index is 1.66. The Kier molecular flexibility index (Phi) is 5.71. The molecule has 0 saturated carbocycles. The van der Waals surface area contributed by atoms with Crippen LogP contribution in [0.3, 0.4) is 0 Å². The topological polar surface area (TPSA) is 86.1 Å². The molecule has 3 rings (SSSR count). The van der Waals surface area contributed by atoms with Crippen LogP contribution in [0.25, 0.3) is 6.08 Å². The van der Waals surface area contributed by atoms with Crippen LogP contribution in [0.1, 0.15) is 16.0 Å². The van der Waals surface area contributed by atoms with Crippen LogP contribution in [0.4, 0.5) is 5.13 Å². The lowest BCUT2D eigenvalue weighted by Crippen LogP contribution is -2.43. The standard InChI is InChI=1S/C18H16N4O2S2/c1-12-9-20-18(26-12)21-17(24)15-10-25-11-22(15)16(23)6-5-13-3-2-4-14(7-13)8-19/h2-7,9,15H,10-11H2,1H3,(H,20,21,24)/b6-5+. The van der Waals surface area contributed by atoms with Crippen LogP contribution in [-0.2, 0) is 9.59 Å². The van der Waals surface area contributed by atoms with Gasteiger partial charge in [0.15, 0.2) is 5.13 Å². The summed E-state index contributed by atoms with van der Waals surface area (Å²) in [6.07, 6.45) is 4.80. The Morgan fingerprint density at radius 1 is 1.46 bits per heavy atom. The SMILES string of the molecule is Cc1cnc(NC(=O)C2CSCN2C(=O)/C=C/c2cccc(C#N)c2)s1. The second kappa shape index (κ2) is 8.17. The van der Waals surface area contributed by atoms with Crippen LogP contribution < -0.4 is 5.32 Å². The van der Waals surface area contributed by atoms with Crippen molar-refractivity contribution in [3.63, 3.8) is 0 Å². The number of aryl methyl sites for hydroxylation is 1. The zero-order valence-corrected chi connectivity index (χ0v) is 15.6. The lowest BCUT2D eigenvalue weighted by atomic mass is 10.1. The molecular formula is C18H16N4O2S2. The van der Waals surface area contributed by atoms with Gasteiger partial charge in [0.1, 0.15) is 6.04 Å². The number of nitriles is 1. The van der Waals surface area contributed by atoms with Gasteiger partial charge in [0.05, 0.1) is 17.5 Å². The number of benzene rings is 1. The molecule has 2 amide bonds. The van der Waals surface area contributed by atoms with Crippen molar-refractivity contribution in [2.24, 2.45) is 0 Å². The third-order valence-corrected chi connectivity index (χ3v) is 5.59. The van der Waals surface area contributed by atoms with Gasteiger partial charge in [-0.15, -0.1) is 23.1 Å². The van der Waals surface area contributed by atoms with Crippen molar-refractivity contribution in [3.05, 3.63) is 52.5 Å². The smallest absolute Gasteiger partial charge is 0.249 e. The Morgan fingerprint density at radius 3 is 3.04 bits per heavy atom. The summed E-state index contributed by atoms with van der Waals surface area (Å²) in [6, 6.07) is 8.54. The highest BCUT2D eigenvalue weighted by Gasteiger charge is 2.34. The Labute approximate surface area is 159 Å². The van der Waals surface area contributed by atoms with Crippen molar-refractivity contribution < 1.29 is 9.59 Å². The number of carbonyl (C=O) groups excluding carboxylic acids is 2. The summed E-state index contributed by atoms with van der Waals surface area (Å²) in [5.74, 6) is 0.571. The summed E-state index contributed by atoms with van der Waals surface area (Å²) >= 11 is 2.94. The number of thioether (sulfide) groups is 1. The lowest BCUT2D eigenvalue weighted by Gasteiger charge is -2.21. The molecule has 1 N–H and O–H groups in total. The molecule has 6 nitrogen and oxygen atoms in total. The van der Waals surface area contributed by atoms with Gasteiger partial charge >= 0.3 is 0 Å². The molecule has 2 aromatic rings. The summed E-state index contributed by atoms with van der Waals surface area (Å²) in [7, 11) is 0. The highest BCUT2D eigenvalue weighted by molar-refractivity contribution is 7.99. The normalized spacial score (nSPS) is 16.6. The van der Waals surface area contributed by atoms with Crippen LogP contribution in [0, 0.1) is 18.3 Å². The van der Waals surface area contributed by atoms with Gasteiger partial charge in [-0.25, -0.2) is 4.98 Å². The van der Waals surface area contributed by atoms with E-state index in [1.54, 1.807) is 47.1 Å². The number of amides is 2. The van der Waals surface area contributed by atoms with Gasteiger partial charge < -0.3 is 10.2 Å². The van der Waals surface area contributed by atoms with E-state index in [1.165, 1.54) is 17.4 Å². The third kappa shape index (κ3) is 4.31. The molecule has 1 fully saturated rings. The van der Waals surface area contributed by atoms with Crippen LogP contribution >= 0.6 is 23.1 Å². The summed E-state index contributed by atoms with van der Waals surface area (Å²) < 4.78 is 0. The average Bonchev–Trinajstić information content (AvgIpc) is 3.29. The van der Waals surface area contributed by atoms with Gasteiger partial charge in [-0.2, -0.15) is 5.26 Å². The lowest BCUT2D eigenvalue weighted by molar-refractivity contribution is -0.132. The number of thiazole rings is 1. The monoisotopic (exact) mass is 384 g/mol. The molecule has 0 radical (unpaired) electrons. The Bertz CT molecular complexity index is 901. The van der Waals surface area contributed by atoms with E-state index < -0.39 is 6.04 Å². The number of nitrogens with zero attached hydrogens (tertiary/aromatic N) is 3. The summed E-state index contributed by atoms with van der Waals surface area (Å²) in [6.45, 7) is 1.92. The largest absolute Gasteiger partial charge is 0.317 e. The predicted molar refractivity (Wildman–Crippen MR) is 104 cm³/mol. The molecule has 1 aromatic carbocycles. The highest BCUT2D eigenvalue weighted by Crippen LogP contribution is 2.24. The molecule has 1 aliphatic rings. The van der Waals surface area contributed by atoms with Gasteiger partial charge in [-0.1, -0.05) is 12.1 Å². The van der Waals surface area contributed by atoms with Gasteiger partial charge in [-0.3, -0.25) is 9.59 Å². The van der Waals surface area contributed by atoms with E-state index >= 15 is 0 Å². The fourth-order valence-electron chi connectivity index (χ4n) is 2.45. The minimum absolute atomic E-state index is 0.224. The zero-order chi connectivity index (χ0) is 18.5. The van der Waals surface area contributed by atoms with E-state index in [1.807, 2.05) is 13.0 Å². The third-order valence-electron chi connectivity index (χ3n) is 3.75. The first-order valence-corrected chi connectivity index (χ1v) is 9.84. The van der Waals surface area contributed by atoms with Gasteiger partial charge in [0.25, 0.3) is 0 Å². The quantitative estimate of drug-likeness (QED) is 0.819. The van der Waals surface area contributed by atoms with Gasteiger partial charge in [-0.05, 0) is 30.7 Å². The van der Waals surface area contributed by atoms with E-state index in [9.17, 15) is 9.59 Å². The van der Waals surface area contributed by atoms with Crippen molar-refractivity contribution in [1.29, 1.82) is 5.26 Å². The summed E-state index contributed by atoms with van der Waals surface area (Å²) in [5.41, 5.74) is 1.30. The van der Waals surface area contributed by atoms with Crippen LogP contribution in [-0.4, -0.2) is 39.4 Å². The number of nitrogens with one attached hydrogen (secondary N) is 1. The second-order valence-electron chi connectivity index (χ2n) is 5.66. The predicted octanol–water partition coefficient (Wildman–Crippen LogP) is 2.88. The number of carbonyl (C=O) groups is 2. The molecule has 1 aliphatic heterocycles. The zero-order valence-electron chi connectivity index (χ0n) is 14.0. The number of aromatic nitrogens is 1. The van der Waals surface area contributed by atoms with Crippen molar-refractivity contribution in [1.82, 2.24) is 9.88 Å². The molecule has 2 heterocycles. The first-order chi connectivity index (χ1) is 12.6. The maximum absolute atomic E-state index is 12.5. The molecule has 132 valence electrons. The van der Waals surface area contributed by atoms with Gasteiger partial charge in [0, 0.05) is 22.9 Å². The molecule has 0 spiro atoms. The molecule has 0 bridgehead atoms. The van der Waals surface area contributed by atoms with Crippen LogP contribution in [0.2, 0.25) is 0 Å². The first kappa shape index (κ1) is 18.2. The average molecular weight is 384 g/mol. The molecule has 26 heavy (non-hydrogen) atoms. The second-order valence-corrected chi connectivity index (χ2v) is 7.89. The molecule has 0 aliphatic carbocycles. The van der Waals surface area contributed by atoms with Crippen molar-refractivity contribution in [2.75, 3.05) is 16.9 Å². The maximum atomic E-state index is 12.5. The Hall–Kier alpha value is -2.63. The highest BCUT2D eigenvalue weighted by atomic mass is 32.2. The van der Waals surface area contributed by atoms with E-state index in [2.05, 4.69) is 16.4 Å². The number of rotatable bonds is 4. The molecular weight excluding hydrogens is 368 g/mol. The number of anilines is 1. The summed E-state index contributed by atoms with van der Waals surface area (Å²) in [4.78, 5) is 31.7. The molecule has 1 aromatic heterocycles. The van der Waals surface area contributed by atoms with E-state index in [4.69, 9.17) is 5.26 Å². The van der Waals surface area contributed by atoms with E-state index in [0.29, 0.717) is 22.3 Å². The van der Waals surface area contributed by atoms with Gasteiger partial charge in [0.2, 0.25) is 11.8 Å². The molecule has 8 heteroatoms. The van der Waals surface area contributed by atoms with Crippen molar-refractivity contribution in [2.45, 2.75) is 13.0 Å². The van der Waals surface area contributed by atoms with E-state index in [-0.39, 0.29) is 11.8 Å². The number of hydrogen-bond acceptors (Lipinski definition) is 6. The Morgan fingerprint density at radius 2 is 2.31 bits per heavy atom. The first-order valence-electron chi connectivity index (χ1n) is 7.86. The molecule has 1 saturated heterocycles. The summed E-state index contributed by atoms with van der Waals surface area (Å²) in [5, 5.41) is 12.3. The minimum Gasteiger partial charge on any atom is -0.317 e. The molecule has 1 atom stereocenters.